The van der Waals surface area contributed by atoms with Crippen molar-refractivity contribution >= 4 is 0 Å². The molecule has 1 saturated heterocycles. The number of rotatable bonds is 6. The minimum absolute atomic E-state index is 0.00379. The van der Waals surface area contributed by atoms with Crippen molar-refractivity contribution < 1.29 is 5.11 Å². The SMILES string of the molecule is Cc1cccc(-n2ccnc2CN2CCC(CO)(Cc3ccccc3)CC2)c1. The van der Waals surface area contributed by atoms with E-state index in [4.69, 9.17) is 0 Å². The molecule has 3 aromatic rings. The average molecular weight is 376 g/mol. The molecule has 1 fully saturated rings. The highest BCUT2D eigenvalue weighted by Gasteiger charge is 2.34. The second kappa shape index (κ2) is 8.29. The summed E-state index contributed by atoms with van der Waals surface area (Å²) < 4.78 is 2.19. The molecule has 2 heterocycles. The Hall–Kier alpha value is -2.43. The number of hydrogen-bond donors (Lipinski definition) is 1. The third kappa shape index (κ3) is 4.18. The lowest BCUT2D eigenvalue weighted by atomic mass is 9.74. The maximum atomic E-state index is 10.1. The van der Waals surface area contributed by atoms with Gasteiger partial charge in [0.1, 0.15) is 5.82 Å². The predicted octanol–water partition coefficient (Wildman–Crippen LogP) is 4.00. The molecule has 2 aromatic carbocycles. The van der Waals surface area contributed by atoms with Crippen LogP contribution in [0.2, 0.25) is 0 Å². The van der Waals surface area contributed by atoms with E-state index in [2.05, 4.69) is 69.9 Å². The monoisotopic (exact) mass is 375 g/mol. The number of likely N-dealkylation sites (tertiary alicyclic amines) is 1. The first-order valence-electron chi connectivity index (χ1n) is 10.1. The Labute approximate surface area is 167 Å². The maximum Gasteiger partial charge on any atom is 0.127 e. The van der Waals surface area contributed by atoms with E-state index in [1.165, 1.54) is 16.8 Å². The molecule has 4 heteroatoms. The summed E-state index contributed by atoms with van der Waals surface area (Å²) >= 11 is 0. The molecule has 1 aliphatic heterocycles. The quantitative estimate of drug-likeness (QED) is 0.708. The molecular formula is C24H29N3O. The summed E-state index contributed by atoms with van der Waals surface area (Å²) in [5.74, 6) is 1.07. The number of aliphatic hydroxyl groups is 1. The molecule has 0 amide bonds. The number of aliphatic hydroxyl groups excluding tert-OH is 1. The largest absolute Gasteiger partial charge is 0.396 e. The van der Waals surface area contributed by atoms with Gasteiger partial charge in [0.25, 0.3) is 0 Å². The first kappa shape index (κ1) is 18.9. The van der Waals surface area contributed by atoms with Crippen molar-refractivity contribution in [1.82, 2.24) is 14.5 Å². The lowest BCUT2D eigenvalue weighted by molar-refractivity contribution is 0.0403. The van der Waals surface area contributed by atoms with Crippen molar-refractivity contribution in [1.29, 1.82) is 0 Å². The number of aryl methyl sites for hydroxylation is 1. The first-order chi connectivity index (χ1) is 13.7. The Morgan fingerprint density at radius 2 is 1.82 bits per heavy atom. The van der Waals surface area contributed by atoms with Gasteiger partial charge >= 0.3 is 0 Å². The van der Waals surface area contributed by atoms with Crippen LogP contribution in [-0.2, 0) is 13.0 Å². The van der Waals surface area contributed by atoms with Gasteiger partial charge in [-0.2, -0.15) is 0 Å². The van der Waals surface area contributed by atoms with Gasteiger partial charge in [0, 0.05) is 24.7 Å². The number of imidazole rings is 1. The van der Waals surface area contributed by atoms with Crippen LogP contribution in [0.25, 0.3) is 5.69 Å². The third-order valence-corrected chi connectivity index (χ3v) is 6.04. The summed E-state index contributed by atoms with van der Waals surface area (Å²) in [6.07, 6.45) is 6.92. The molecule has 0 bridgehead atoms. The zero-order chi connectivity index (χ0) is 19.4. The summed E-state index contributed by atoms with van der Waals surface area (Å²) in [6.45, 7) is 5.20. The minimum atomic E-state index is 0.00379. The van der Waals surface area contributed by atoms with Gasteiger partial charge in [-0.15, -0.1) is 0 Å². The van der Waals surface area contributed by atoms with Gasteiger partial charge < -0.3 is 9.67 Å². The predicted molar refractivity (Wildman–Crippen MR) is 112 cm³/mol. The lowest BCUT2D eigenvalue weighted by Gasteiger charge is -2.41. The molecule has 0 aliphatic carbocycles. The van der Waals surface area contributed by atoms with E-state index >= 15 is 0 Å². The lowest BCUT2D eigenvalue weighted by Crippen LogP contribution is -2.43. The molecule has 146 valence electrons. The van der Waals surface area contributed by atoms with Crippen LogP contribution >= 0.6 is 0 Å². The van der Waals surface area contributed by atoms with Gasteiger partial charge in [0.05, 0.1) is 6.54 Å². The molecule has 1 aliphatic rings. The zero-order valence-corrected chi connectivity index (χ0v) is 16.6. The molecule has 0 spiro atoms. The Morgan fingerprint density at radius 3 is 2.54 bits per heavy atom. The Kier molecular flexibility index (Phi) is 5.60. The smallest absolute Gasteiger partial charge is 0.127 e. The fraction of sp³-hybridized carbons (Fsp3) is 0.375. The topological polar surface area (TPSA) is 41.3 Å². The van der Waals surface area contributed by atoms with Gasteiger partial charge in [0.15, 0.2) is 0 Å². The Morgan fingerprint density at radius 1 is 1.04 bits per heavy atom. The van der Waals surface area contributed by atoms with E-state index in [-0.39, 0.29) is 12.0 Å². The molecule has 0 atom stereocenters. The van der Waals surface area contributed by atoms with Crippen LogP contribution in [0.1, 0.15) is 29.8 Å². The number of hydrogen-bond acceptors (Lipinski definition) is 3. The van der Waals surface area contributed by atoms with E-state index in [1.807, 2.05) is 18.5 Å². The summed E-state index contributed by atoms with van der Waals surface area (Å²) in [5, 5.41) is 10.1. The minimum Gasteiger partial charge on any atom is -0.396 e. The van der Waals surface area contributed by atoms with Crippen LogP contribution in [0.15, 0.2) is 67.0 Å². The van der Waals surface area contributed by atoms with Crippen molar-refractivity contribution in [2.24, 2.45) is 5.41 Å². The summed E-state index contributed by atoms with van der Waals surface area (Å²) in [5.41, 5.74) is 3.74. The Bertz CT molecular complexity index is 895. The van der Waals surface area contributed by atoms with Crippen LogP contribution in [-0.4, -0.2) is 39.3 Å². The fourth-order valence-corrected chi connectivity index (χ4v) is 4.27. The molecule has 4 rings (SSSR count). The number of benzene rings is 2. The molecular weight excluding hydrogens is 346 g/mol. The van der Waals surface area contributed by atoms with Crippen LogP contribution in [0.3, 0.4) is 0 Å². The second-order valence-electron chi connectivity index (χ2n) is 8.15. The first-order valence-corrected chi connectivity index (χ1v) is 10.1. The van der Waals surface area contributed by atoms with Gasteiger partial charge in [-0.3, -0.25) is 4.90 Å². The van der Waals surface area contributed by atoms with Crippen LogP contribution in [0.4, 0.5) is 0 Å². The van der Waals surface area contributed by atoms with E-state index in [1.54, 1.807) is 0 Å². The number of nitrogens with zero attached hydrogens (tertiary/aromatic N) is 3. The number of piperidine rings is 1. The summed E-state index contributed by atoms with van der Waals surface area (Å²) in [4.78, 5) is 7.08. The van der Waals surface area contributed by atoms with Crippen molar-refractivity contribution in [2.45, 2.75) is 32.7 Å². The highest BCUT2D eigenvalue weighted by atomic mass is 16.3. The van der Waals surface area contributed by atoms with E-state index < -0.39 is 0 Å². The van der Waals surface area contributed by atoms with E-state index in [9.17, 15) is 5.11 Å². The summed E-state index contributed by atoms with van der Waals surface area (Å²) in [6, 6.07) is 19.1. The molecule has 4 nitrogen and oxygen atoms in total. The molecule has 0 saturated carbocycles. The molecule has 28 heavy (non-hydrogen) atoms. The van der Waals surface area contributed by atoms with E-state index in [0.717, 1.165) is 44.7 Å². The van der Waals surface area contributed by atoms with E-state index in [0.29, 0.717) is 0 Å². The fourth-order valence-electron chi connectivity index (χ4n) is 4.27. The van der Waals surface area contributed by atoms with Crippen molar-refractivity contribution in [3.05, 3.63) is 83.9 Å². The number of aromatic nitrogens is 2. The molecule has 1 aromatic heterocycles. The van der Waals surface area contributed by atoms with Gasteiger partial charge in [0.2, 0.25) is 0 Å². The molecule has 0 unspecified atom stereocenters. The highest BCUT2D eigenvalue weighted by molar-refractivity contribution is 5.36. The zero-order valence-electron chi connectivity index (χ0n) is 16.6. The summed E-state index contributed by atoms with van der Waals surface area (Å²) in [7, 11) is 0. The maximum absolute atomic E-state index is 10.1. The van der Waals surface area contributed by atoms with Crippen molar-refractivity contribution in [2.75, 3.05) is 19.7 Å². The van der Waals surface area contributed by atoms with Crippen LogP contribution in [0.5, 0.6) is 0 Å². The standard InChI is InChI=1S/C24H29N3O/c1-20-6-5-9-22(16-20)27-15-12-25-23(27)18-26-13-10-24(19-28,11-14-26)17-21-7-3-2-4-8-21/h2-9,12,15-16,28H,10-11,13-14,17-19H2,1H3. The van der Waals surface area contributed by atoms with Crippen LogP contribution < -0.4 is 0 Å². The molecule has 1 N–H and O–H groups in total. The van der Waals surface area contributed by atoms with Crippen molar-refractivity contribution in [3.8, 4) is 5.69 Å². The normalized spacial score (nSPS) is 16.9. The van der Waals surface area contributed by atoms with Crippen molar-refractivity contribution in [3.63, 3.8) is 0 Å². The average Bonchev–Trinajstić information content (AvgIpc) is 3.18. The Balaban J connectivity index is 1.42. The van der Waals surface area contributed by atoms with Gasteiger partial charge in [-0.05, 0) is 68.0 Å². The highest BCUT2D eigenvalue weighted by Crippen LogP contribution is 2.35. The van der Waals surface area contributed by atoms with Gasteiger partial charge in [-0.1, -0.05) is 42.5 Å². The second-order valence-corrected chi connectivity index (χ2v) is 8.15. The van der Waals surface area contributed by atoms with Gasteiger partial charge in [-0.25, -0.2) is 4.98 Å². The third-order valence-electron chi connectivity index (χ3n) is 6.04. The van der Waals surface area contributed by atoms with Crippen LogP contribution in [0, 0.1) is 12.3 Å². The molecule has 0 radical (unpaired) electrons.